The van der Waals surface area contributed by atoms with Crippen molar-refractivity contribution in [1.29, 1.82) is 0 Å². The molecule has 0 aliphatic carbocycles. The normalized spacial score (nSPS) is 11.7. The number of nitrogens with one attached hydrogen (secondary N) is 2. The van der Waals surface area contributed by atoms with Gasteiger partial charge in [-0.05, 0) is 12.0 Å². The summed E-state index contributed by atoms with van der Waals surface area (Å²) in [4.78, 5) is 22.8. The van der Waals surface area contributed by atoms with Gasteiger partial charge in [0, 0.05) is 13.0 Å². The Morgan fingerprint density at radius 3 is 2.50 bits per heavy atom. The second kappa shape index (κ2) is 8.96. The summed E-state index contributed by atoms with van der Waals surface area (Å²) in [5, 5.41) is 14.3. The fraction of sp³-hybridized carbons (Fsp3) is 0.467. The number of urea groups is 1. The lowest BCUT2D eigenvalue weighted by molar-refractivity contribution is -0.139. The van der Waals surface area contributed by atoms with Gasteiger partial charge in [0.2, 0.25) is 0 Å². The molecular formula is C15H22N2O3. The molecule has 1 aromatic rings. The first kappa shape index (κ1) is 16.0. The van der Waals surface area contributed by atoms with Gasteiger partial charge in [0.05, 0.1) is 0 Å². The van der Waals surface area contributed by atoms with E-state index in [1.807, 2.05) is 30.3 Å². The lowest BCUT2D eigenvalue weighted by Gasteiger charge is -2.15. The number of carbonyl (C=O) groups is 2. The van der Waals surface area contributed by atoms with Crippen molar-refractivity contribution in [3.8, 4) is 0 Å². The molecule has 0 fully saturated rings. The highest BCUT2D eigenvalue weighted by Gasteiger charge is 2.19. The number of rotatable bonds is 8. The van der Waals surface area contributed by atoms with Crippen molar-refractivity contribution in [2.45, 2.75) is 38.6 Å². The Morgan fingerprint density at radius 2 is 1.90 bits per heavy atom. The fourth-order valence-corrected chi connectivity index (χ4v) is 1.84. The molecule has 1 unspecified atom stereocenters. The van der Waals surface area contributed by atoms with E-state index in [2.05, 4.69) is 17.6 Å². The Kier molecular flexibility index (Phi) is 7.17. The number of unbranched alkanes of at least 4 members (excludes halogenated alkanes) is 2. The molecule has 0 aliphatic rings. The Hall–Kier alpha value is -2.04. The molecule has 5 heteroatoms. The predicted molar refractivity (Wildman–Crippen MR) is 77.6 cm³/mol. The summed E-state index contributed by atoms with van der Waals surface area (Å²) in [6.45, 7) is 2.65. The van der Waals surface area contributed by atoms with E-state index in [9.17, 15) is 9.59 Å². The second-order valence-corrected chi connectivity index (χ2v) is 4.69. The maximum atomic E-state index is 11.6. The highest BCUT2D eigenvalue weighted by molar-refractivity contribution is 5.82. The van der Waals surface area contributed by atoms with Gasteiger partial charge in [-0.3, -0.25) is 0 Å². The molecule has 2 amide bonds. The molecule has 110 valence electrons. The van der Waals surface area contributed by atoms with E-state index in [1.165, 1.54) is 0 Å². The molecule has 0 saturated heterocycles. The Balaban J connectivity index is 2.43. The quantitative estimate of drug-likeness (QED) is 0.638. The van der Waals surface area contributed by atoms with Gasteiger partial charge < -0.3 is 15.7 Å². The van der Waals surface area contributed by atoms with Gasteiger partial charge >= 0.3 is 12.0 Å². The van der Waals surface area contributed by atoms with Gasteiger partial charge in [0.1, 0.15) is 6.04 Å². The summed E-state index contributed by atoms with van der Waals surface area (Å²) in [6, 6.07) is 7.91. The van der Waals surface area contributed by atoms with Crippen LogP contribution in [0.15, 0.2) is 30.3 Å². The number of carboxylic acids is 1. The molecule has 0 radical (unpaired) electrons. The minimum atomic E-state index is -1.03. The van der Waals surface area contributed by atoms with E-state index in [4.69, 9.17) is 5.11 Å². The lowest BCUT2D eigenvalue weighted by Crippen LogP contribution is -2.47. The first-order valence-corrected chi connectivity index (χ1v) is 6.94. The molecule has 0 bridgehead atoms. The Morgan fingerprint density at radius 1 is 1.20 bits per heavy atom. The largest absolute Gasteiger partial charge is 0.480 e. The summed E-state index contributed by atoms with van der Waals surface area (Å²) in [6.07, 6.45) is 3.31. The number of carboxylic acid groups (broad SMARTS) is 1. The number of carbonyl (C=O) groups excluding carboxylic acids is 1. The van der Waals surface area contributed by atoms with Crippen LogP contribution in [0.25, 0.3) is 0 Å². The zero-order valence-corrected chi connectivity index (χ0v) is 11.8. The van der Waals surface area contributed by atoms with Crippen LogP contribution < -0.4 is 10.6 Å². The average Bonchev–Trinajstić information content (AvgIpc) is 2.44. The van der Waals surface area contributed by atoms with E-state index >= 15 is 0 Å². The molecule has 0 saturated carbocycles. The molecule has 0 spiro atoms. The van der Waals surface area contributed by atoms with Crippen molar-refractivity contribution >= 4 is 12.0 Å². The van der Waals surface area contributed by atoms with Gasteiger partial charge in [0.25, 0.3) is 0 Å². The summed E-state index contributed by atoms with van der Waals surface area (Å²) in [5.74, 6) is -1.03. The number of amides is 2. The van der Waals surface area contributed by atoms with Crippen LogP contribution in [0.2, 0.25) is 0 Å². The number of benzene rings is 1. The Labute approximate surface area is 119 Å². The van der Waals surface area contributed by atoms with Crippen molar-refractivity contribution in [1.82, 2.24) is 10.6 Å². The highest BCUT2D eigenvalue weighted by Crippen LogP contribution is 2.03. The Bertz CT molecular complexity index is 420. The van der Waals surface area contributed by atoms with Crippen molar-refractivity contribution in [2.75, 3.05) is 6.54 Å². The van der Waals surface area contributed by atoms with Crippen LogP contribution >= 0.6 is 0 Å². The van der Waals surface area contributed by atoms with Crippen LogP contribution in [0.5, 0.6) is 0 Å². The molecule has 0 aromatic heterocycles. The van der Waals surface area contributed by atoms with Crippen molar-refractivity contribution in [3.63, 3.8) is 0 Å². The maximum Gasteiger partial charge on any atom is 0.326 e. The van der Waals surface area contributed by atoms with Crippen molar-refractivity contribution in [2.24, 2.45) is 0 Å². The SMILES string of the molecule is CCCCCNC(=O)NC(Cc1ccccc1)C(=O)O. The smallest absolute Gasteiger partial charge is 0.326 e. The minimum Gasteiger partial charge on any atom is -0.480 e. The van der Waals surface area contributed by atoms with Crippen LogP contribution in [0.1, 0.15) is 31.7 Å². The third-order valence-corrected chi connectivity index (χ3v) is 2.95. The third-order valence-electron chi connectivity index (χ3n) is 2.95. The van der Waals surface area contributed by atoms with Crippen LogP contribution in [-0.4, -0.2) is 29.7 Å². The zero-order chi connectivity index (χ0) is 14.8. The van der Waals surface area contributed by atoms with Crippen molar-refractivity contribution in [3.05, 3.63) is 35.9 Å². The highest BCUT2D eigenvalue weighted by atomic mass is 16.4. The molecule has 1 atom stereocenters. The standard InChI is InChI=1S/C15H22N2O3/c1-2-3-7-10-16-15(20)17-13(14(18)19)11-12-8-5-4-6-9-12/h4-6,8-9,13H,2-3,7,10-11H2,1H3,(H,18,19)(H2,16,17,20). The second-order valence-electron chi connectivity index (χ2n) is 4.69. The molecule has 5 nitrogen and oxygen atoms in total. The summed E-state index contributed by atoms with van der Waals surface area (Å²) in [5.41, 5.74) is 0.881. The zero-order valence-electron chi connectivity index (χ0n) is 11.8. The lowest BCUT2D eigenvalue weighted by atomic mass is 10.1. The molecule has 20 heavy (non-hydrogen) atoms. The average molecular weight is 278 g/mol. The first-order chi connectivity index (χ1) is 9.63. The topological polar surface area (TPSA) is 78.4 Å². The van der Waals surface area contributed by atoms with Gasteiger partial charge in [-0.1, -0.05) is 50.1 Å². The molecule has 1 rings (SSSR count). The monoisotopic (exact) mass is 278 g/mol. The number of hydrogen-bond acceptors (Lipinski definition) is 2. The molecule has 0 aliphatic heterocycles. The first-order valence-electron chi connectivity index (χ1n) is 6.94. The van der Waals surface area contributed by atoms with Gasteiger partial charge in [-0.15, -0.1) is 0 Å². The van der Waals surface area contributed by atoms with Crippen LogP contribution in [0, 0.1) is 0 Å². The number of aliphatic carboxylic acids is 1. The molecule has 0 heterocycles. The summed E-state index contributed by atoms with van der Waals surface area (Å²) < 4.78 is 0. The van der Waals surface area contributed by atoms with Gasteiger partial charge in [-0.2, -0.15) is 0 Å². The van der Waals surface area contributed by atoms with Crippen molar-refractivity contribution < 1.29 is 14.7 Å². The van der Waals surface area contributed by atoms with Crippen LogP contribution in [-0.2, 0) is 11.2 Å². The molecular weight excluding hydrogens is 256 g/mol. The fourth-order valence-electron chi connectivity index (χ4n) is 1.84. The minimum absolute atomic E-state index is 0.276. The van der Waals surface area contributed by atoms with E-state index in [-0.39, 0.29) is 6.42 Å². The van der Waals surface area contributed by atoms with Crippen LogP contribution in [0.3, 0.4) is 0 Å². The van der Waals surface area contributed by atoms with E-state index in [0.717, 1.165) is 24.8 Å². The molecule has 1 aromatic carbocycles. The van der Waals surface area contributed by atoms with Crippen LogP contribution in [0.4, 0.5) is 4.79 Å². The van der Waals surface area contributed by atoms with E-state index < -0.39 is 18.0 Å². The number of hydrogen-bond donors (Lipinski definition) is 3. The molecule has 3 N–H and O–H groups in total. The maximum absolute atomic E-state index is 11.6. The van der Waals surface area contributed by atoms with E-state index in [1.54, 1.807) is 0 Å². The predicted octanol–water partition coefficient (Wildman–Crippen LogP) is 2.17. The third kappa shape index (κ3) is 6.22. The summed E-state index contributed by atoms with van der Waals surface area (Å²) >= 11 is 0. The van der Waals surface area contributed by atoms with Gasteiger partial charge in [-0.25, -0.2) is 9.59 Å². The van der Waals surface area contributed by atoms with Gasteiger partial charge in [0.15, 0.2) is 0 Å². The summed E-state index contributed by atoms with van der Waals surface area (Å²) in [7, 11) is 0. The van der Waals surface area contributed by atoms with E-state index in [0.29, 0.717) is 6.54 Å².